The third kappa shape index (κ3) is 1.14. The van der Waals surface area contributed by atoms with Gasteiger partial charge in [-0.2, -0.15) is 0 Å². The second-order valence-electron chi connectivity index (χ2n) is 5.25. The van der Waals surface area contributed by atoms with E-state index in [-0.39, 0.29) is 5.41 Å². The SMILES string of the molecule is CC1(C)C(N)C1c1cccc2c1CCO2. The molecule has 0 amide bonds. The predicted octanol–water partition coefficient (Wildman–Crippen LogP) is 2.07. The van der Waals surface area contributed by atoms with Gasteiger partial charge in [-0.25, -0.2) is 0 Å². The predicted molar refractivity (Wildman–Crippen MR) is 60.1 cm³/mol. The average molecular weight is 203 g/mol. The van der Waals surface area contributed by atoms with Crippen LogP contribution in [-0.4, -0.2) is 12.6 Å². The van der Waals surface area contributed by atoms with Crippen molar-refractivity contribution in [3.8, 4) is 5.75 Å². The quantitative estimate of drug-likeness (QED) is 0.758. The molecule has 2 atom stereocenters. The van der Waals surface area contributed by atoms with Gasteiger partial charge < -0.3 is 10.5 Å². The first kappa shape index (κ1) is 9.22. The summed E-state index contributed by atoms with van der Waals surface area (Å²) in [5.74, 6) is 1.59. The van der Waals surface area contributed by atoms with Gasteiger partial charge in [-0.1, -0.05) is 26.0 Å². The fraction of sp³-hybridized carbons (Fsp3) is 0.538. The van der Waals surface area contributed by atoms with Crippen molar-refractivity contribution in [1.82, 2.24) is 0 Å². The van der Waals surface area contributed by atoms with Crippen molar-refractivity contribution < 1.29 is 4.74 Å². The number of benzene rings is 1. The molecule has 0 radical (unpaired) electrons. The van der Waals surface area contributed by atoms with Gasteiger partial charge in [0.25, 0.3) is 0 Å². The monoisotopic (exact) mass is 203 g/mol. The lowest BCUT2D eigenvalue weighted by atomic mass is 9.97. The van der Waals surface area contributed by atoms with Crippen LogP contribution in [0.5, 0.6) is 5.75 Å². The van der Waals surface area contributed by atoms with Crippen LogP contribution in [-0.2, 0) is 6.42 Å². The lowest BCUT2D eigenvalue weighted by molar-refractivity contribution is 0.357. The number of fused-ring (bicyclic) bond motifs is 1. The maximum atomic E-state index is 6.13. The van der Waals surface area contributed by atoms with Crippen LogP contribution in [0.3, 0.4) is 0 Å². The highest BCUT2D eigenvalue weighted by molar-refractivity contribution is 5.48. The van der Waals surface area contributed by atoms with Crippen LogP contribution < -0.4 is 10.5 Å². The summed E-state index contributed by atoms with van der Waals surface area (Å²) in [4.78, 5) is 0. The lowest BCUT2D eigenvalue weighted by Gasteiger charge is -2.07. The largest absolute Gasteiger partial charge is 0.493 e. The van der Waals surface area contributed by atoms with Crippen LogP contribution in [0, 0.1) is 5.41 Å². The molecule has 0 bridgehead atoms. The standard InChI is InChI=1S/C13H17NO/c1-13(2)11(12(13)14)9-4-3-5-10-8(9)6-7-15-10/h3-5,11-12H,6-7,14H2,1-2H3. The first-order chi connectivity index (χ1) is 7.12. The molecule has 2 unspecified atom stereocenters. The molecular weight excluding hydrogens is 186 g/mol. The number of nitrogens with two attached hydrogens (primary N) is 1. The van der Waals surface area contributed by atoms with E-state index in [9.17, 15) is 0 Å². The molecule has 80 valence electrons. The van der Waals surface area contributed by atoms with Crippen molar-refractivity contribution in [3.63, 3.8) is 0 Å². The number of ether oxygens (including phenoxy) is 1. The maximum Gasteiger partial charge on any atom is 0.122 e. The van der Waals surface area contributed by atoms with Crippen LogP contribution >= 0.6 is 0 Å². The first-order valence-corrected chi connectivity index (χ1v) is 5.62. The van der Waals surface area contributed by atoms with Crippen molar-refractivity contribution in [2.75, 3.05) is 6.61 Å². The third-order valence-corrected chi connectivity index (χ3v) is 4.02. The zero-order valence-electron chi connectivity index (χ0n) is 9.29. The Morgan fingerprint density at radius 3 is 2.80 bits per heavy atom. The van der Waals surface area contributed by atoms with Gasteiger partial charge in [0.05, 0.1) is 6.61 Å². The number of hydrogen-bond acceptors (Lipinski definition) is 2. The van der Waals surface area contributed by atoms with E-state index in [0.717, 1.165) is 18.8 Å². The molecule has 1 aliphatic heterocycles. The van der Waals surface area contributed by atoms with Gasteiger partial charge in [-0.15, -0.1) is 0 Å². The van der Waals surface area contributed by atoms with Gasteiger partial charge in [0.2, 0.25) is 0 Å². The van der Waals surface area contributed by atoms with Gasteiger partial charge in [0.1, 0.15) is 5.75 Å². The zero-order valence-corrected chi connectivity index (χ0v) is 9.29. The molecule has 15 heavy (non-hydrogen) atoms. The third-order valence-electron chi connectivity index (χ3n) is 4.02. The Bertz CT molecular complexity index is 411. The van der Waals surface area contributed by atoms with Gasteiger partial charge in [-0.05, 0) is 17.0 Å². The second-order valence-corrected chi connectivity index (χ2v) is 5.25. The molecule has 2 nitrogen and oxygen atoms in total. The molecule has 1 fully saturated rings. The highest BCUT2D eigenvalue weighted by Gasteiger charge is 2.56. The van der Waals surface area contributed by atoms with Crippen molar-refractivity contribution in [3.05, 3.63) is 29.3 Å². The van der Waals surface area contributed by atoms with Gasteiger partial charge in [0, 0.05) is 23.9 Å². The molecule has 3 rings (SSSR count). The van der Waals surface area contributed by atoms with Gasteiger partial charge in [-0.3, -0.25) is 0 Å². The summed E-state index contributed by atoms with van der Waals surface area (Å²) in [5, 5.41) is 0. The van der Waals surface area contributed by atoms with Gasteiger partial charge in [0.15, 0.2) is 0 Å². The number of hydrogen-bond donors (Lipinski definition) is 1. The molecule has 0 saturated heterocycles. The first-order valence-electron chi connectivity index (χ1n) is 5.62. The van der Waals surface area contributed by atoms with Gasteiger partial charge >= 0.3 is 0 Å². The van der Waals surface area contributed by atoms with Crippen molar-refractivity contribution >= 4 is 0 Å². The Kier molecular flexibility index (Phi) is 1.70. The Morgan fingerprint density at radius 2 is 2.13 bits per heavy atom. The molecule has 1 aromatic carbocycles. The van der Waals surface area contributed by atoms with Crippen molar-refractivity contribution in [2.45, 2.75) is 32.2 Å². The van der Waals surface area contributed by atoms with E-state index in [0.29, 0.717) is 12.0 Å². The van der Waals surface area contributed by atoms with Crippen LogP contribution in [0.4, 0.5) is 0 Å². The lowest BCUT2D eigenvalue weighted by Crippen LogP contribution is -2.06. The highest BCUT2D eigenvalue weighted by Crippen LogP contribution is 2.58. The highest BCUT2D eigenvalue weighted by atomic mass is 16.5. The van der Waals surface area contributed by atoms with E-state index in [1.54, 1.807) is 0 Å². The van der Waals surface area contributed by atoms with E-state index in [1.165, 1.54) is 11.1 Å². The maximum absolute atomic E-state index is 6.13. The Hall–Kier alpha value is -1.02. The van der Waals surface area contributed by atoms with E-state index >= 15 is 0 Å². The topological polar surface area (TPSA) is 35.2 Å². The normalized spacial score (nSPS) is 30.9. The van der Waals surface area contributed by atoms with Crippen LogP contribution in [0.1, 0.15) is 30.9 Å². The molecule has 1 heterocycles. The summed E-state index contributed by atoms with van der Waals surface area (Å²) in [6.45, 7) is 5.32. The Labute approximate surface area is 90.4 Å². The van der Waals surface area contributed by atoms with E-state index < -0.39 is 0 Å². The van der Waals surface area contributed by atoms with Crippen molar-refractivity contribution in [1.29, 1.82) is 0 Å². The van der Waals surface area contributed by atoms with Crippen molar-refractivity contribution in [2.24, 2.45) is 11.1 Å². The van der Waals surface area contributed by atoms with E-state index in [2.05, 4.69) is 32.0 Å². The molecule has 1 aromatic rings. The molecule has 2 N–H and O–H groups in total. The minimum absolute atomic E-state index is 0.262. The molecule has 2 aliphatic rings. The summed E-state index contributed by atoms with van der Waals surface area (Å²) < 4.78 is 5.58. The van der Waals surface area contributed by atoms with E-state index in [1.807, 2.05) is 0 Å². The molecule has 0 aromatic heterocycles. The molecule has 1 aliphatic carbocycles. The summed E-state index contributed by atoms with van der Waals surface area (Å²) >= 11 is 0. The Morgan fingerprint density at radius 1 is 1.40 bits per heavy atom. The average Bonchev–Trinajstić information content (AvgIpc) is 2.63. The van der Waals surface area contributed by atoms with E-state index in [4.69, 9.17) is 10.5 Å². The summed E-state index contributed by atoms with van der Waals surface area (Å²) in [6.07, 6.45) is 1.05. The van der Waals surface area contributed by atoms with Crippen LogP contribution in [0.15, 0.2) is 18.2 Å². The minimum Gasteiger partial charge on any atom is -0.493 e. The molecule has 2 heteroatoms. The second kappa shape index (κ2) is 2.76. The smallest absolute Gasteiger partial charge is 0.122 e. The van der Waals surface area contributed by atoms with Crippen LogP contribution in [0.2, 0.25) is 0 Å². The fourth-order valence-corrected chi connectivity index (χ4v) is 2.81. The summed E-state index contributed by atoms with van der Waals surface area (Å²) in [7, 11) is 0. The molecule has 0 spiro atoms. The molecule has 1 saturated carbocycles. The summed E-state index contributed by atoms with van der Waals surface area (Å²) in [6, 6.07) is 6.67. The van der Waals surface area contributed by atoms with Crippen LogP contribution in [0.25, 0.3) is 0 Å². The summed E-state index contributed by atoms with van der Waals surface area (Å²) in [5.41, 5.74) is 9.20. The number of rotatable bonds is 1. The zero-order chi connectivity index (χ0) is 10.6. The molecular formula is C13H17NO. The Balaban J connectivity index is 2.04. The fourth-order valence-electron chi connectivity index (χ4n) is 2.81. The minimum atomic E-state index is 0.262.